The number of piperidine rings is 1. The Balaban J connectivity index is 1.55. The molecule has 0 spiro atoms. The third-order valence-corrected chi connectivity index (χ3v) is 4.92. The molecule has 2 amide bonds. The molecule has 1 saturated heterocycles. The van der Waals surface area contributed by atoms with Crippen LogP contribution < -0.4 is 10.6 Å². The Morgan fingerprint density at radius 1 is 1.36 bits per heavy atom. The summed E-state index contributed by atoms with van der Waals surface area (Å²) in [6, 6.07) is 7.15. The maximum absolute atomic E-state index is 12.2. The van der Waals surface area contributed by atoms with Crippen LogP contribution in [-0.2, 0) is 0 Å². The number of nitrogens with zero attached hydrogens (tertiary/aromatic N) is 2. The molecule has 3 N–H and O–H groups in total. The zero-order valence-corrected chi connectivity index (χ0v) is 14.8. The Kier molecular flexibility index (Phi) is 6.07. The zero-order valence-electron chi connectivity index (χ0n) is 14.0. The first-order chi connectivity index (χ1) is 12.2. The third kappa shape index (κ3) is 4.39. The van der Waals surface area contributed by atoms with Crippen LogP contribution in [0.1, 0.15) is 19.3 Å². The molecule has 2 aromatic rings. The number of benzene rings is 1. The van der Waals surface area contributed by atoms with Gasteiger partial charge in [0.05, 0.1) is 22.8 Å². The van der Waals surface area contributed by atoms with E-state index in [-0.39, 0.29) is 18.7 Å². The van der Waals surface area contributed by atoms with Gasteiger partial charge in [0.15, 0.2) is 0 Å². The Morgan fingerprint density at radius 2 is 2.24 bits per heavy atom. The second-order valence-electron chi connectivity index (χ2n) is 6.24. The minimum Gasteiger partial charge on any atom is -0.395 e. The van der Waals surface area contributed by atoms with Gasteiger partial charge in [0.2, 0.25) is 0 Å². The van der Waals surface area contributed by atoms with Crippen LogP contribution in [0.15, 0.2) is 30.5 Å². The van der Waals surface area contributed by atoms with E-state index >= 15 is 0 Å². The van der Waals surface area contributed by atoms with Gasteiger partial charge in [0.25, 0.3) is 0 Å². The van der Waals surface area contributed by atoms with Crippen molar-refractivity contribution >= 4 is 34.2 Å². The molecule has 6 nitrogen and oxygen atoms in total. The molecule has 1 aliphatic rings. The molecule has 0 radical (unpaired) electrons. The topological polar surface area (TPSA) is 77.5 Å². The highest BCUT2D eigenvalue weighted by atomic mass is 35.5. The lowest BCUT2D eigenvalue weighted by Crippen LogP contribution is -2.46. The summed E-state index contributed by atoms with van der Waals surface area (Å²) in [4.78, 5) is 18.7. The van der Waals surface area contributed by atoms with E-state index < -0.39 is 0 Å². The van der Waals surface area contributed by atoms with Crippen LogP contribution in [0.5, 0.6) is 0 Å². The number of rotatable bonds is 5. The molecule has 25 heavy (non-hydrogen) atoms. The number of carbonyl (C=O) groups is 1. The van der Waals surface area contributed by atoms with E-state index in [9.17, 15) is 9.90 Å². The molecule has 0 unspecified atom stereocenters. The molecule has 134 valence electrons. The second-order valence-corrected chi connectivity index (χ2v) is 6.65. The predicted octanol–water partition coefficient (Wildman–Crippen LogP) is 2.86. The van der Waals surface area contributed by atoms with Crippen LogP contribution in [0, 0.1) is 0 Å². The number of nitrogens with one attached hydrogen (secondary N) is 2. The molecule has 1 aromatic heterocycles. The number of aromatic nitrogens is 1. The lowest BCUT2D eigenvalue weighted by Gasteiger charge is -2.34. The van der Waals surface area contributed by atoms with E-state index in [0.29, 0.717) is 22.8 Å². The quantitative estimate of drug-likeness (QED) is 0.764. The second kappa shape index (κ2) is 8.47. The lowest BCUT2D eigenvalue weighted by atomic mass is 10.0. The number of pyridine rings is 1. The van der Waals surface area contributed by atoms with Crippen LogP contribution in [0.25, 0.3) is 10.9 Å². The SMILES string of the molecule is O=C(NCCN1CCCC[C@@H]1CO)Nc1ccc(Cl)c2ncccc12. The summed E-state index contributed by atoms with van der Waals surface area (Å²) in [7, 11) is 0. The highest BCUT2D eigenvalue weighted by Gasteiger charge is 2.21. The van der Waals surface area contributed by atoms with Gasteiger partial charge in [-0.25, -0.2) is 4.79 Å². The number of amides is 2. The van der Waals surface area contributed by atoms with E-state index in [1.807, 2.05) is 12.1 Å². The van der Waals surface area contributed by atoms with Gasteiger partial charge < -0.3 is 15.7 Å². The number of hydrogen-bond acceptors (Lipinski definition) is 4. The molecule has 2 heterocycles. The van der Waals surface area contributed by atoms with E-state index in [2.05, 4.69) is 20.5 Å². The van der Waals surface area contributed by atoms with Crippen molar-refractivity contribution in [1.82, 2.24) is 15.2 Å². The van der Waals surface area contributed by atoms with Gasteiger partial charge in [0.1, 0.15) is 0 Å². The summed E-state index contributed by atoms with van der Waals surface area (Å²) in [5, 5.41) is 16.5. The minimum absolute atomic E-state index is 0.177. The molecule has 1 fully saturated rings. The van der Waals surface area contributed by atoms with Crippen molar-refractivity contribution in [2.75, 3.05) is 31.6 Å². The smallest absolute Gasteiger partial charge is 0.319 e. The van der Waals surface area contributed by atoms with Crippen LogP contribution >= 0.6 is 11.6 Å². The maximum Gasteiger partial charge on any atom is 0.319 e. The van der Waals surface area contributed by atoms with Crippen molar-refractivity contribution in [2.45, 2.75) is 25.3 Å². The summed E-state index contributed by atoms with van der Waals surface area (Å²) >= 11 is 6.15. The first-order valence-electron chi connectivity index (χ1n) is 8.62. The van der Waals surface area contributed by atoms with E-state index in [1.165, 1.54) is 0 Å². The third-order valence-electron chi connectivity index (χ3n) is 4.61. The highest BCUT2D eigenvalue weighted by molar-refractivity contribution is 6.35. The van der Waals surface area contributed by atoms with Gasteiger partial charge in [-0.15, -0.1) is 0 Å². The monoisotopic (exact) mass is 362 g/mol. The van der Waals surface area contributed by atoms with Crippen molar-refractivity contribution in [3.05, 3.63) is 35.5 Å². The van der Waals surface area contributed by atoms with Crippen molar-refractivity contribution in [3.63, 3.8) is 0 Å². The highest BCUT2D eigenvalue weighted by Crippen LogP contribution is 2.27. The van der Waals surface area contributed by atoms with Crippen LogP contribution in [0.2, 0.25) is 5.02 Å². The summed E-state index contributed by atoms with van der Waals surface area (Å²) < 4.78 is 0. The van der Waals surface area contributed by atoms with Crippen molar-refractivity contribution in [2.24, 2.45) is 0 Å². The number of aliphatic hydroxyl groups is 1. The Bertz CT molecular complexity index is 740. The largest absolute Gasteiger partial charge is 0.395 e. The van der Waals surface area contributed by atoms with Gasteiger partial charge in [0, 0.05) is 30.7 Å². The summed E-state index contributed by atoms with van der Waals surface area (Å²) in [6.45, 7) is 2.42. The number of fused-ring (bicyclic) bond motifs is 1. The summed E-state index contributed by atoms with van der Waals surface area (Å²) in [5.74, 6) is 0. The van der Waals surface area contributed by atoms with Gasteiger partial charge in [-0.05, 0) is 43.7 Å². The Labute approximate surface area is 152 Å². The molecule has 1 atom stereocenters. The van der Waals surface area contributed by atoms with Crippen molar-refractivity contribution in [3.8, 4) is 0 Å². The summed E-state index contributed by atoms with van der Waals surface area (Å²) in [5.41, 5.74) is 1.34. The zero-order chi connectivity index (χ0) is 17.6. The fraction of sp³-hybridized carbons (Fsp3) is 0.444. The predicted molar refractivity (Wildman–Crippen MR) is 100 cm³/mol. The molecular formula is C18H23ClN4O2. The summed E-state index contributed by atoms with van der Waals surface area (Å²) in [6.07, 6.45) is 5.00. The number of likely N-dealkylation sites (tertiary alicyclic amines) is 1. The van der Waals surface area contributed by atoms with Crippen LogP contribution in [0.3, 0.4) is 0 Å². The first-order valence-corrected chi connectivity index (χ1v) is 9.00. The molecule has 1 aliphatic heterocycles. The van der Waals surface area contributed by atoms with Crippen molar-refractivity contribution in [1.29, 1.82) is 0 Å². The van der Waals surface area contributed by atoms with E-state index in [0.717, 1.165) is 37.7 Å². The van der Waals surface area contributed by atoms with Crippen LogP contribution in [0.4, 0.5) is 10.5 Å². The van der Waals surface area contributed by atoms with E-state index in [1.54, 1.807) is 18.3 Å². The number of urea groups is 1. The number of halogens is 1. The van der Waals surface area contributed by atoms with Crippen molar-refractivity contribution < 1.29 is 9.90 Å². The average Bonchev–Trinajstić information content (AvgIpc) is 2.65. The number of anilines is 1. The van der Waals surface area contributed by atoms with Crippen LogP contribution in [-0.4, -0.2) is 53.3 Å². The minimum atomic E-state index is -0.259. The molecule has 7 heteroatoms. The van der Waals surface area contributed by atoms with Gasteiger partial charge in [-0.3, -0.25) is 9.88 Å². The Hall–Kier alpha value is -1.89. The normalized spacial score (nSPS) is 18.2. The maximum atomic E-state index is 12.2. The molecule has 1 aromatic carbocycles. The average molecular weight is 363 g/mol. The molecule has 3 rings (SSSR count). The molecule has 0 aliphatic carbocycles. The van der Waals surface area contributed by atoms with E-state index in [4.69, 9.17) is 11.6 Å². The molecule has 0 saturated carbocycles. The fourth-order valence-electron chi connectivity index (χ4n) is 3.29. The van der Waals surface area contributed by atoms with Gasteiger partial charge in [-0.2, -0.15) is 0 Å². The number of carbonyl (C=O) groups excluding carboxylic acids is 1. The molecular weight excluding hydrogens is 340 g/mol. The lowest BCUT2D eigenvalue weighted by molar-refractivity contribution is 0.0917. The van der Waals surface area contributed by atoms with Gasteiger partial charge >= 0.3 is 6.03 Å². The fourth-order valence-corrected chi connectivity index (χ4v) is 3.50. The Morgan fingerprint density at radius 3 is 3.08 bits per heavy atom. The number of aliphatic hydroxyl groups excluding tert-OH is 1. The standard InChI is InChI=1S/C18H23ClN4O2/c19-15-6-7-16(14-5-3-8-20-17(14)15)22-18(25)21-9-11-23-10-2-1-4-13(23)12-24/h3,5-8,13,24H,1-2,4,9-12H2,(H2,21,22,25)/t13-/m1/s1. The number of hydrogen-bond donors (Lipinski definition) is 3. The van der Waals surface area contributed by atoms with Gasteiger partial charge in [-0.1, -0.05) is 18.0 Å². The first kappa shape index (κ1) is 17.9. The molecule has 0 bridgehead atoms.